The lowest BCUT2D eigenvalue weighted by Crippen LogP contribution is -2.27. The lowest BCUT2D eigenvalue weighted by atomic mass is 10.4. The zero-order chi connectivity index (χ0) is 14.2. The summed E-state index contributed by atoms with van der Waals surface area (Å²) in [5.74, 6) is 1.88. The van der Waals surface area contributed by atoms with Crippen molar-refractivity contribution in [2.24, 2.45) is 0 Å². The molecule has 0 bridgehead atoms. The SMILES string of the molecule is CCCCS(=O)(=O)[OH+]S(CC)(CC)CC(=O)CC. The Bertz CT molecular complexity index is 345. The minimum atomic E-state index is -3.37. The van der Waals surface area contributed by atoms with Crippen molar-refractivity contribution in [2.75, 3.05) is 23.0 Å². The Kier molecular flexibility index (Phi) is 8.14. The van der Waals surface area contributed by atoms with Crippen LogP contribution >= 0.6 is 10.3 Å². The molecule has 0 aliphatic heterocycles. The molecule has 0 aromatic carbocycles. The van der Waals surface area contributed by atoms with Crippen LogP contribution in [0.5, 0.6) is 0 Å². The predicted octanol–water partition coefficient (Wildman–Crippen LogP) is 2.95. The molecule has 4 nitrogen and oxygen atoms in total. The first-order valence-corrected chi connectivity index (χ1v) is 10.3. The molecule has 1 N–H and O–H groups in total. The summed E-state index contributed by atoms with van der Waals surface area (Å²) in [4.78, 5) is 11.6. The number of hydrogen-bond donors (Lipinski definition) is 0. The maximum atomic E-state index is 11.9. The summed E-state index contributed by atoms with van der Waals surface area (Å²) >= 11 is 0. The van der Waals surface area contributed by atoms with Crippen LogP contribution < -0.4 is 0 Å². The smallest absolute Gasteiger partial charge is 0.299 e. The summed E-state index contributed by atoms with van der Waals surface area (Å²) in [6, 6.07) is 0. The van der Waals surface area contributed by atoms with E-state index in [4.69, 9.17) is 0 Å². The Morgan fingerprint density at radius 3 is 2.00 bits per heavy atom. The first-order valence-electron chi connectivity index (χ1n) is 6.59. The van der Waals surface area contributed by atoms with Gasteiger partial charge in [-0.15, -0.1) is 0 Å². The molecule has 0 fully saturated rings. The third-order valence-corrected chi connectivity index (χ3v) is 8.91. The van der Waals surface area contributed by atoms with Gasteiger partial charge in [0.2, 0.25) is 0 Å². The molecule has 0 atom stereocenters. The maximum Gasteiger partial charge on any atom is 0.390 e. The maximum absolute atomic E-state index is 11.9. The van der Waals surface area contributed by atoms with Gasteiger partial charge >= 0.3 is 10.1 Å². The second-order valence-corrected chi connectivity index (χ2v) is 9.94. The van der Waals surface area contributed by atoms with Gasteiger partial charge in [-0.3, -0.25) is 8.42 Å². The third-order valence-electron chi connectivity index (χ3n) is 2.93. The van der Waals surface area contributed by atoms with E-state index in [9.17, 15) is 13.2 Å². The van der Waals surface area contributed by atoms with E-state index in [2.05, 4.69) is 3.63 Å². The first-order chi connectivity index (χ1) is 8.34. The van der Waals surface area contributed by atoms with E-state index in [0.29, 0.717) is 30.1 Å². The number of hydrogen-bond acceptors (Lipinski definition) is 3. The van der Waals surface area contributed by atoms with Crippen LogP contribution in [0.4, 0.5) is 0 Å². The summed E-state index contributed by atoms with van der Waals surface area (Å²) in [6.45, 7) is 7.63. The Balaban J connectivity index is 4.84. The molecular weight excluding hydrogens is 272 g/mol. The van der Waals surface area contributed by atoms with E-state index in [1.807, 2.05) is 27.7 Å². The van der Waals surface area contributed by atoms with Crippen LogP contribution in [0.25, 0.3) is 0 Å². The summed E-state index contributed by atoms with van der Waals surface area (Å²) in [5.41, 5.74) is 0. The molecule has 0 rings (SSSR count). The van der Waals surface area contributed by atoms with Gasteiger partial charge in [0.15, 0.2) is 0 Å². The highest BCUT2D eigenvalue weighted by Gasteiger charge is 2.35. The Morgan fingerprint density at radius 1 is 1.06 bits per heavy atom. The van der Waals surface area contributed by atoms with E-state index in [1.165, 1.54) is 0 Å². The fourth-order valence-corrected chi connectivity index (χ4v) is 7.10. The summed E-state index contributed by atoms with van der Waals surface area (Å²) in [7, 11) is -5.05. The molecule has 0 aliphatic rings. The van der Waals surface area contributed by atoms with Gasteiger partial charge in [-0.1, -0.05) is 34.1 Å². The minimum absolute atomic E-state index is 0.110. The number of rotatable bonds is 10. The van der Waals surface area contributed by atoms with Crippen molar-refractivity contribution >= 4 is 26.2 Å². The number of Topliss-reactive ketones (excluding diaryl/α,β-unsaturated/α-hetero) is 1. The highest BCUT2D eigenvalue weighted by atomic mass is 32.3. The van der Waals surface area contributed by atoms with Crippen LogP contribution in [0.3, 0.4) is 0 Å². The standard InChI is InChI=1S/C12H26O4S2/c1-5-9-10-18(14,15)16-17(7-3,8-4)11-12(13)6-2/h5-11H2,1-4H3/p+1. The van der Waals surface area contributed by atoms with Gasteiger partial charge in [-0.2, -0.15) is 8.42 Å². The van der Waals surface area contributed by atoms with Crippen molar-refractivity contribution in [1.29, 1.82) is 0 Å². The topological polar surface area (TPSA) is 64.0 Å². The van der Waals surface area contributed by atoms with Crippen LogP contribution in [0.2, 0.25) is 0 Å². The van der Waals surface area contributed by atoms with E-state index in [1.54, 1.807) is 0 Å². The van der Waals surface area contributed by atoms with Gasteiger partial charge in [0.05, 0.1) is 5.75 Å². The molecule has 0 amide bonds. The van der Waals surface area contributed by atoms with Crippen molar-refractivity contribution in [3.05, 3.63) is 0 Å². The largest absolute Gasteiger partial charge is 0.390 e. The van der Waals surface area contributed by atoms with Crippen LogP contribution in [-0.2, 0) is 14.9 Å². The number of carbonyl (C=O) groups excluding carboxylic acids is 1. The predicted molar refractivity (Wildman–Crippen MR) is 80.2 cm³/mol. The van der Waals surface area contributed by atoms with Gasteiger partial charge in [0.1, 0.15) is 11.5 Å². The Hall–Kier alpha value is -0.0700. The van der Waals surface area contributed by atoms with E-state index in [-0.39, 0.29) is 11.5 Å². The van der Waals surface area contributed by atoms with Crippen molar-refractivity contribution in [3.63, 3.8) is 0 Å². The lowest BCUT2D eigenvalue weighted by Gasteiger charge is -2.31. The summed E-state index contributed by atoms with van der Waals surface area (Å²) in [6.07, 6.45) is 1.93. The van der Waals surface area contributed by atoms with Crippen LogP contribution in [0.1, 0.15) is 47.0 Å². The molecule has 0 heterocycles. The Morgan fingerprint density at radius 2 is 1.61 bits per heavy atom. The number of carbonyl (C=O) groups is 1. The molecule has 0 radical (unpaired) electrons. The minimum Gasteiger partial charge on any atom is -0.299 e. The quantitative estimate of drug-likeness (QED) is 0.460. The van der Waals surface area contributed by atoms with Crippen LogP contribution in [0.15, 0.2) is 0 Å². The molecule has 0 saturated carbocycles. The fourth-order valence-electron chi connectivity index (χ4n) is 1.55. The second-order valence-electron chi connectivity index (χ2n) is 4.33. The molecule has 0 saturated heterocycles. The average molecular weight is 299 g/mol. The number of ketones is 1. The van der Waals surface area contributed by atoms with E-state index in [0.717, 1.165) is 6.42 Å². The first kappa shape index (κ1) is 17.9. The van der Waals surface area contributed by atoms with E-state index < -0.39 is 20.4 Å². The van der Waals surface area contributed by atoms with Crippen molar-refractivity contribution < 1.29 is 16.8 Å². The van der Waals surface area contributed by atoms with Crippen LogP contribution in [-0.4, -0.2) is 40.8 Å². The number of unbranched alkanes of at least 4 members (excludes halogenated alkanes) is 1. The second kappa shape index (κ2) is 8.17. The molecule has 0 aromatic heterocycles. The summed E-state index contributed by atoms with van der Waals surface area (Å²) < 4.78 is 28.0. The fraction of sp³-hybridized carbons (Fsp3) is 0.917. The van der Waals surface area contributed by atoms with Gasteiger partial charge in [-0.25, -0.2) is 0 Å². The molecule has 0 aromatic rings. The van der Waals surface area contributed by atoms with Gasteiger partial charge in [0.25, 0.3) is 0 Å². The zero-order valence-electron chi connectivity index (χ0n) is 11.9. The molecular formula is C12H27O4S2+. The lowest BCUT2D eigenvalue weighted by molar-refractivity contribution is -0.116. The van der Waals surface area contributed by atoms with Gasteiger partial charge < -0.3 is 0 Å². The third kappa shape index (κ3) is 6.20. The van der Waals surface area contributed by atoms with Crippen molar-refractivity contribution in [2.45, 2.75) is 47.0 Å². The van der Waals surface area contributed by atoms with E-state index >= 15 is 0 Å². The van der Waals surface area contributed by atoms with Crippen LogP contribution in [0, 0.1) is 0 Å². The Labute approximate surface area is 113 Å². The van der Waals surface area contributed by atoms with Gasteiger partial charge in [0, 0.05) is 17.9 Å². The van der Waals surface area contributed by atoms with Crippen molar-refractivity contribution in [3.8, 4) is 0 Å². The van der Waals surface area contributed by atoms with Crippen molar-refractivity contribution in [1.82, 2.24) is 0 Å². The molecule has 0 aliphatic carbocycles. The summed E-state index contributed by atoms with van der Waals surface area (Å²) in [5, 5.41) is 0. The van der Waals surface area contributed by atoms with Gasteiger partial charge in [-0.05, 0) is 16.7 Å². The molecule has 18 heavy (non-hydrogen) atoms. The highest BCUT2D eigenvalue weighted by Crippen LogP contribution is 2.47. The molecule has 110 valence electrons. The average Bonchev–Trinajstić information content (AvgIpc) is 2.35. The zero-order valence-corrected chi connectivity index (χ0v) is 13.6. The molecule has 0 spiro atoms. The highest BCUT2D eigenvalue weighted by molar-refractivity contribution is 8.32. The monoisotopic (exact) mass is 299 g/mol. The molecule has 0 unspecified atom stereocenters. The molecule has 6 heteroatoms. The normalized spacial score (nSPS) is 13.6.